The van der Waals surface area contributed by atoms with Crippen LogP contribution in [-0.2, 0) is 49.1 Å². The van der Waals surface area contributed by atoms with Gasteiger partial charge in [0.15, 0.2) is 0 Å². The van der Waals surface area contributed by atoms with Crippen molar-refractivity contribution in [3.8, 4) is 5.75 Å². The van der Waals surface area contributed by atoms with Gasteiger partial charge in [0.1, 0.15) is 12.4 Å². The molecule has 1 aromatic carbocycles. The molecule has 0 fully saturated rings. The molecule has 0 bridgehead atoms. The molecule has 0 radical (unpaired) electrons. The van der Waals surface area contributed by atoms with E-state index in [9.17, 15) is 0 Å². The Bertz CT molecular complexity index is 859. The summed E-state index contributed by atoms with van der Waals surface area (Å²) < 4.78 is 55.9. The summed E-state index contributed by atoms with van der Waals surface area (Å²) in [4.78, 5) is 0. The van der Waals surface area contributed by atoms with Crippen LogP contribution in [0.5, 0.6) is 5.75 Å². The van der Waals surface area contributed by atoms with Crippen molar-refractivity contribution in [3.63, 3.8) is 0 Å². The molecule has 0 spiro atoms. The Morgan fingerprint density at radius 2 is 0.536 bits per heavy atom. The van der Waals surface area contributed by atoms with Gasteiger partial charge in [-0.2, -0.15) is 0 Å². The SMILES string of the molecule is CCCCCCCCCCCCCOCCOCCOCCOCCOCCOCCOCCOCCOCCOc1ccc(CCCCCCCCC)cc1. The van der Waals surface area contributed by atoms with E-state index in [0.29, 0.717) is 119 Å². The molecule has 0 amide bonds. The van der Waals surface area contributed by atoms with Gasteiger partial charge in [-0.3, -0.25) is 0 Å². The minimum Gasteiger partial charge on any atom is -0.491 e. The predicted molar refractivity (Wildman–Crippen MR) is 227 cm³/mol. The van der Waals surface area contributed by atoms with Crippen LogP contribution < -0.4 is 4.74 Å². The molecule has 10 nitrogen and oxygen atoms in total. The summed E-state index contributed by atoms with van der Waals surface area (Å²) in [5.74, 6) is 0.892. The van der Waals surface area contributed by atoms with Crippen molar-refractivity contribution in [3.05, 3.63) is 29.8 Å². The molecular weight excluding hydrogens is 712 g/mol. The first kappa shape index (κ1) is 52.7. The summed E-state index contributed by atoms with van der Waals surface area (Å²) >= 11 is 0. The average molecular weight is 799 g/mol. The summed E-state index contributed by atoms with van der Waals surface area (Å²) in [5.41, 5.74) is 1.38. The lowest BCUT2D eigenvalue weighted by molar-refractivity contribution is -0.0254. The largest absolute Gasteiger partial charge is 0.491 e. The second-order valence-electron chi connectivity index (χ2n) is 14.4. The molecule has 0 N–H and O–H groups in total. The van der Waals surface area contributed by atoms with Crippen LogP contribution in [0.3, 0.4) is 0 Å². The molecule has 0 aliphatic heterocycles. The Labute approximate surface area is 343 Å². The Kier molecular flexibility index (Phi) is 43.6. The van der Waals surface area contributed by atoms with Crippen LogP contribution >= 0.6 is 0 Å². The maximum atomic E-state index is 5.80. The van der Waals surface area contributed by atoms with Crippen LogP contribution in [0.2, 0.25) is 0 Å². The zero-order chi connectivity index (χ0) is 39.9. The van der Waals surface area contributed by atoms with Crippen molar-refractivity contribution in [1.29, 1.82) is 0 Å². The summed E-state index contributed by atoms with van der Waals surface area (Å²) in [5, 5.41) is 0. The fraction of sp³-hybridized carbons (Fsp3) is 0.870. The normalized spacial score (nSPS) is 11.5. The topological polar surface area (TPSA) is 92.3 Å². The molecule has 0 saturated carbocycles. The number of hydrogen-bond acceptors (Lipinski definition) is 10. The van der Waals surface area contributed by atoms with E-state index in [-0.39, 0.29) is 0 Å². The second kappa shape index (κ2) is 46.4. The molecule has 1 rings (SSSR count). The van der Waals surface area contributed by atoms with Crippen LogP contribution in [-0.4, -0.2) is 126 Å². The number of benzene rings is 1. The molecule has 0 aliphatic rings. The third kappa shape index (κ3) is 40.8. The van der Waals surface area contributed by atoms with E-state index in [4.69, 9.17) is 47.4 Å². The monoisotopic (exact) mass is 799 g/mol. The van der Waals surface area contributed by atoms with E-state index in [2.05, 4.69) is 38.1 Å². The van der Waals surface area contributed by atoms with E-state index >= 15 is 0 Å². The van der Waals surface area contributed by atoms with Gasteiger partial charge in [-0.25, -0.2) is 0 Å². The Balaban J connectivity index is 1.67. The van der Waals surface area contributed by atoms with Crippen molar-refractivity contribution < 1.29 is 47.4 Å². The van der Waals surface area contributed by atoms with Crippen LogP contribution in [0.15, 0.2) is 24.3 Å². The number of rotatable bonds is 48. The average Bonchev–Trinajstić information content (AvgIpc) is 3.22. The van der Waals surface area contributed by atoms with Crippen LogP contribution in [0.4, 0.5) is 0 Å². The summed E-state index contributed by atoms with van der Waals surface area (Å²) in [6, 6.07) is 8.48. The van der Waals surface area contributed by atoms with Crippen molar-refractivity contribution in [2.45, 2.75) is 136 Å². The van der Waals surface area contributed by atoms with E-state index in [1.807, 2.05) is 0 Å². The minimum absolute atomic E-state index is 0.526. The lowest BCUT2D eigenvalue weighted by Gasteiger charge is -2.09. The summed E-state index contributed by atoms with van der Waals surface area (Å²) in [6.45, 7) is 15.2. The lowest BCUT2D eigenvalue weighted by Crippen LogP contribution is -2.15. The Morgan fingerprint density at radius 1 is 0.268 bits per heavy atom. The minimum atomic E-state index is 0.526. The highest BCUT2D eigenvalue weighted by molar-refractivity contribution is 5.27. The van der Waals surface area contributed by atoms with Gasteiger partial charge in [0, 0.05) is 6.61 Å². The summed E-state index contributed by atoms with van der Waals surface area (Å²) in [7, 11) is 0. The third-order valence-electron chi connectivity index (χ3n) is 9.36. The highest BCUT2D eigenvalue weighted by atomic mass is 16.6. The highest BCUT2D eigenvalue weighted by Crippen LogP contribution is 2.15. The predicted octanol–water partition coefficient (Wildman–Crippen LogP) is 9.82. The molecule has 330 valence electrons. The molecule has 0 aliphatic carbocycles. The van der Waals surface area contributed by atoms with Gasteiger partial charge in [0.05, 0.1) is 112 Å². The van der Waals surface area contributed by atoms with Crippen molar-refractivity contribution in [2.24, 2.45) is 0 Å². The molecule has 0 unspecified atom stereocenters. The maximum absolute atomic E-state index is 5.80. The molecule has 56 heavy (non-hydrogen) atoms. The van der Waals surface area contributed by atoms with E-state index in [1.165, 1.54) is 115 Å². The molecular formula is C46H86O10. The highest BCUT2D eigenvalue weighted by Gasteiger charge is 2.00. The van der Waals surface area contributed by atoms with Crippen molar-refractivity contribution in [1.82, 2.24) is 0 Å². The van der Waals surface area contributed by atoms with E-state index in [1.54, 1.807) is 0 Å². The van der Waals surface area contributed by atoms with Gasteiger partial charge in [-0.15, -0.1) is 0 Å². The van der Waals surface area contributed by atoms with Gasteiger partial charge >= 0.3 is 0 Å². The zero-order valence-electron chi connectivity index (χ0n) is 36.3. The number of unbranched alkanes of at least 4 members (excludes halogenated alkanes) is 16. The molecule has 0 heterocycles. The fourth-order valence-electron chi connectivity index (χ4n) is 5.99. The molecule has 0 aromatic heterocycles. The number of hydrogen-bond donors (Lipinski definition) is 0. The van der Waals surface area contributed by atoms with Gasteiger partial charge in [-0.05, 0) is 37.0 Å². The standard InChI is InChI=1S/C46H86O10/c1-3-5-7-9-11-12-13-14-16-18-20-26-47-27-28-48-29-30-49-31-32-50-33-34-51-35-36-52-37-38-53-39-40-54-41-42-55-43-44-56-46-24-22-45(23-25-46)21-19-17-15-10-8-6-4-2/h22-25H,3-21,26-44H2,1-2H3. The van der Waals surface area contributed by atoms with Gasteiger partial charge in [-0.1, -0.05) is 129 Å². The third-order valence-corrected chi connectivity index (χ3v) is 9.36. The first-order chi connectivity index (χ1) is 27.9. The molecule has 10 heteroatoms. The van der Waals surface area contributed by atoms with Crippen LogP contribution in [0, 0.1) is 0 Å². The van der Waals surface area contributed by atoms with Gasteiger partial charge in [0.25, 0.3) is 0 Å². The first-order valence-corrected chi connectivity index (χ1v) is 22.8. The Hall–Kier alpha value is -1.34. The van der Waals surface area contributed by atoms with Crippen LogP contribution in [0.25, 0.3) is 0 Å². The summed E-state index contributed by atoms with van der Waals surface area (Å²) in [6.07, 6.45) is 25.4. The van der Waals surface area contributed by atoms with Crippen molar-refractivity contribution >= 4 is 0 Å². The van der Waals surface area contributed by atoms with Gasteiger partial charge < -0.3 is 47.4 Å². The Morgan fingerprint density at radius 3 is 0.875 bits per heavy atom. The maximum Gasteiger partial charge on any atom is 0.119 e. The molecule has 0 saturated heterocycles. The zero-order valence-corrected chi connectivity index (χ0v) is 36.3. The van der Waals surface area contributed by atoms with Crippen molar-refractivity contribution in [2.75, 3.05) is 126 Å². The van der Waals surface area contributed by atoms with E-state index in [0.717, 1.165) is 25.2 Å². The molecule has 0 atom stereocenters. The first-order valence-electron chi connectivity index (χ1n) is 22.8. The smallest absolute Gasteiger partial charge is 0.119 e. The van der Waals surface area contributed by atoms with E-state index < -0.39 is 0 Å². The fourth-order valence-corrected chi connectivity index (χ4v) is 5.99. The quantitative estimate of drug-likeness (QED) is 0.0594. The second-order valence-corrected chi connectivity index (χ2v) is 14.4. The number of ether oxygens (including phenoxy) is 10. The number of aryl methyl sites for hydroxylation is 1. The molecule has 1 aromatic rings. The van der Waals surface area contributed by atoms with Gasteiger partial charge in [0.2, 0.25) is 0 Å². The lowest BCUT2D eigenvalue weighted by atomic mass is 10.0. The van der Waals surface area contributed by atoms with Crippen LogP contribution in [0.1, 0.15) is 135 Å².